The first-order valence-corrected chi connectivity index (χ1v) is 6.16. The number of anilines is 3. The van der Waals surface area contributed by atoms with Gasteiger partial charge in [-0.15, -0.1) is 0 Å². The van der Waals surface area contributed by atoms with Crippen LogP contribution in [0.15, 0.2) is 48.7 Å². The lowest BCUT2D eigenvalue weighted by molar-refractivity contribution is -0.384. The Morgan fingerprint density at radius 1 is 1.19 bits per heavy atom. The van der Waals surface area contributed by atoms with Gasteiger partial charge in [-0.2, -0.15) is 0 Å². The Morgan fingerprint density at radius 2 is 2.05 bits per heavy atom. The number of rotatable bonds is 3. The predicted molar refractivity (Wildman–Crippen MR) is 80.3 cm³/mol. The molecule has 7 nitrogen and oxygen atoms in total. The minimum atomic E-state index is -0.506. The molecule has 0 bridgehead atoms. The van der Waals surface area contributed by atoms with Crippen molar-refractivity contribution < 1.29 is 4.92 Å². The van der Waals surface area contributed by atoms with Crippen LogP contribution < -0.4 is 11.1 Å². The van der Waals surface area contributed by atoms with Crippen molar-refractivity contribution in [2.45, 2.75) is 0 Å². The van der Waals surface area contributed by atoms with Crippen LogP contribution in [0, 0.1) is 10.1 Å². The van der Waals surface area contributed by atoms with Gasteiger partial charge >= 0.3 is 0 Å². The van der Waals surface area contributed by atoms with Crippen LogP contribution in [0.1, 0.15) is 0 Å². The van der Waals surface area contributed by atoms with Gasteiger partial charge < -0.3 is 11.1 Å². The molecular formula is C14H11N5O2. The van der Waals surface area contributed by atoms with E-state index in [0.29, 0.717) is 5.82 Å². The third kappa shape index (κ3) is 2.57. The summed E-state index contributed by atoms with van der Waals surface area (Å²) in [7, 11) is 0. The number of nitrogens with two attached hydrogens (primary N) is 1. The highest BCUT2D eigenvalue weighted by atomic mass is 16.6. The molecule has 0 amide bonds. The van der Waals surface area contributed by atoms with Gasteiger partial charge in [-0.25, -0.2) is 4.98 Å². The zero-order valence-corrected chi connectivity index (χ0v) is 10.9. The van der Waals surface area contributed by atoms with Crippen molar-refractivity contribution in [1.82, 2.24) is 9.97 Å². The van der Waals surface area contributed by atoms with Crippen LogP contribution in [-0.4, -0.2) is 14.9 Å². The fraction of sp³-hybridized carbons (Fsp3) is 0. The SMILES string of the molecule is Nc1cc([N+](=O)[O-])cc(Nc2cccc3ncccc23)n1. The zero-order chi connectivity index (χ0) is 14.8. The summed E-state index contributed by atoms with van der Waals surface area (Å²) in [5.74, 6) is 0.406. The number of fused-ring (bicyclic) bond motifs is 1. The lowest BCUT2D eigenvalue weighted by Gasteiger charge is -2.09. The highest BCUT2D eigenvalue weighted by molar-refractivity contribution is 5.92. The van der Waals surface area contributed by atoms with Crippen molar-refractivity contribution >= 4 is 33.9 Å². The van der Waals surface area contributed by atoms with Crippen molar-refractivity contribution in [2.24, 2.45) is 0 Å². The average molecular weight is 281 g/mol. The maximum Gasteiger partial charge on any atom is 0.276 e. The second-order valence-electron chi connectivity index (χ2n) is 4.39. The van der Waals surface area contributed by atoms with E-state index in [4.69, 9.17) is 5.73 Å². The number of hydrogen-bond donors (Lipinski definition) is 2. The molecule has 0 atom stereocenters. The van der Waals surface area contributed by atoms with E-state index in [1.165, 1.54) is 12.1 Å². The van der Waals surface area contributed by atoms with Gasteiger partial charge in [0.25, 0.3) is 5.69 Å². The van der Waals surface area contributed by atoms with Gasteiger partial charge in [0.1, 0.15) is 11.6 Å². The number of aromatic nitrogens is 2. The molecule has 3 rings (SSSR count). The smallest absolute Gasteiger partial charge is 0.276 e. The molecule has 0 aliphatic carbocycles. The molecule has 0 spiro atoms. The first-order chi connectivity index (χ1) is 10.1. The van der Waals surface area contributed by atoms with Crippen molar-refractivity contribution in [1.29, 1.82) is 0 Å². The lowest BCUT2D eigenvalue weighted by Crippen LogP contribution is -2.00. The molecule has 3 aromatic rings. The normalized spacial score (nSPS) is 10.5. The highest BCUT2D eigenvalue weighted by Crippen LogP contribution is 2.26. The van der Waals surface area contributed by atoms with Crippen molar-refractivity contribution in [3.63, 3.8) is 0 Å². The van der Waals surface area contributed by atoms with Crippen molar-refractivity contribution in [2.75, 3.05) is 11.1 Å². The summed E-state index contributed by atoms with van der Waals surface area (Å²) >= 11 is 0. The zero-order valence-electron chi connectivity index (χ0n) is 10.9. The monoisotopic (exact) mass is 281 g/mol. The van der Waals surface area contributed by atoms with Crippen molar-refractivity contribution in [3.8, 4) is 0 Å². The molecule has 21 heavy (non-hydrogen) atoms. The summed E-state index contributed by atoms with van der Waals surface area (Å²) < 4.78 is 0. The first-order valence-electron chi connectivity index (χ1n) is 6.16. The molecule has 0 radical (unpaired) electrons. The third-order valence-corrected chi connectivity index (χ3v) is 2.95. The Morgan fingerprint density at radius 3 is 2.86 bits per heavy atom. The van der Waals surface area contributed by atoms with Gasteiger partial charge in [-0.05, 0) is 24.3 Å². The third-order valence-electron chi connectivity index (χ3n) is 2.95. The summed E-state index contributed by atoms with van der Waals surface area (Å²) in [5.41, 5.74) is 7.07. The number of nitrogen functional groups attached to an aromatic ring is 1. The summed E-state index contributed by atoms with van der Waals surface area (Å²) in [6, 6.07) is 11.9. The molecule has 0 unspecified atom stereocenters. The maximum absolute atomic E-state index is 10.9. The second-order valence-corrected chi connectivity index (χ2v) is 4.39. The number of benzene rings is 1. The van der Waals surface area contributed by atoms with E-state index in [1.807, 2.05) is 30.3 Å². The van der Waals surface area contributed by atoms with E-state index >= 15 is 0 Å². The molecule has 0 fully saturated rings. The average Bonchev–Trinajstić information content (AvgIpc) is 2.47. The Bertz CT molecular complexity index is 829. The van der Waals surface area contributed by atoms with Crippen LogP contribution in [-0.2, 0) is 0 Å². The lowest BCUT2D eigenvalue weighted by atomic mass is 10.2. The number of nitrogens with zero attached hydrogens (tertiary/aromatic N) is 3. The highest BCUT2D eigenvalue weighted by Gasteiger charge is 2.10. The number of nitrogens with one attached hydrogen (secondary N) is 1. The fourth-order valence-electron chi connectivity index (χ4n) is 2.06. The molecule has 3 N–H and O–H groups in total. The van der Waals surface area contributed by atoms with Crippen LogP contribution in [0.4, 0.5) is 23.0 Å². The Labute approximate surface area is 119 Å². The van der Waals surface area contributed by atoms with Gasteiger partial charge in [0.05, 0.1) is 22.6 Å². The summed E-state index contributed by atoms with van der Waals surface area (Å²) in [4.78, 5) is 18.7. The van der Waals surface area contributed by atoms with Crippen LogP contribution in [0.5, 0.6) is 0 Å². The molecular weight excluding hydrogens is 270 g/mol. The Hall–Kier alpha value is -3.22. The van der Waals surface area contributed by atoms with Gasteiger partial charge in [0.15, 0.2) is 0 Å². The summed E-state index contributed by atoms with van der Waals surface area (Å²) in [5, 5.41) is 14.8. The minimum Gasteiger partial charge on any atom is -0.383 e. The van der Waals surface area contributed by atoms with E-state index < -0.39 is 4.92 Å². The molecule has 0 aliphatic heterocycles. The minimum absolute atomic E-state index is 0.0880. The summed E-state index contributed by atoms with van der Waals surface area (Å²) in [6.07, 6.45) is 1.70. The molecule has 0 saturated heterocycles. The standard InChI is InChI=1S/C14H11N5O2/c15-13-7-9(19(20)21)8-14(18-13)17-12-5-1-4-11-10(12)3-2-6-16-11/h1-8H,(H3,15,17,18). The van der Waals surface area contributed by atoms with Gasteiger partial charge in [0, 0.05) is 17.3 Å². The first kappa shape index (κ1) is 12.8. The number of nitro groups is 1. The van der Waals surface area contributed by atoms with Gasteiger partial charge in [-0.1, -0.05) is 6.07 Å². The molecule has 1 aromatic carbocycles. The van der Waals surface area contributed by atoms with Gasteiger partial charge in [0.2, 0.25) is 0 Å². The Kier molecular flexibility index (Phi) is 3.07. The fourth-order valence-corrected chi connectivity index (χ4v) is 2.06. The van der Waals surface area contributed by atoms with E-state index in [0.717, 1.165) is 16.6 Å². The summed E-state index contributed by atoms with van der Waals surface area (Å²) in [6.45, 7) is 0. The molecule has 0 aliphatic rings. The number of hydrogen-bond acceptors (Lipinski definition) is 6. The van der Waals surface area contributed by atoms with E-state index in [2.05, 4.69) is 15.3 Å². The molecule has 7 heteroatoms. The van der Waals surface area contributed by atoms with E-state index in [1.54, 1.807) is 6.20 Å². The molecule has 2 aromatic heterocycles. The van der Waals surface area contributed by atoms with E-state index in [9.17, 15) is 10.1 Å². The topological polar surface area (TPSA) is 107 Å². The quantitative estimate of drug-likeness (QED) is 0.564. The Balaban J connectivity index is 2.05. The van der Waals surface area contributed by atoms with Crippen LogP contribution in [0.25, 0.3) is 10.9 Å². The maximum atomic E-state index is 10.9. The van der Waals surface area contributed by atoms with Crippen LogP contribution in [0.3, 0.4) is 0 Å². The van der Waals surface area contributed by atoms with Gasteiger partial charge in [-0.3, -0.25) is 15.1 Å². The van der Waals surface area contributed by atoms with Crippen molar-refractivity contribution in [3.05, 3.63) is 58.8 Å². The molecule has 2 heterocycles. The number of pyridine rings is 2. The molecule has 0 saturated carbocycles. The van der Waals surface area contributed by atoms with Crippen LogP contribution in [0.2, 0.25) is 0 Å². The molecule has 104 valence electrons. The van der Waals surface area contributed by atoms with Crippen LogP contribution >= 0.6 is 0 Å². The largest absolute Gasteiger partial charge is 0.383 e. The predicted octanol–water partition coefficient (Wildman–Crippen LogP) is 2.86. The second kappa shape index (κ2) is 5.04. The van der Waals surface area contributed by atoms with E-state index in [-0.39, 0.29) is 11.5 Å².